The van der Waals surface area contributed by atoms with E-state index in [0.29, 0.717) is 13.2 Å². The van der Waals surface area contributed by atoms with Crippen LogP contribution in [0.1, 0.15) is 25.3 Å². The number of nitrogens with zero attached hydrogens (tertiary/aromatic N) is 1. The van der Waals surface area contributed by atoms with Crippen LogP contribution < -0.4 is 5.32 Å². The van der Waals surface area contributed by atoms with E-state index in [9.17, 15) is 9.18 Å². The van der Waals surface area contributed by atoms with Crippen LogP contribution in [0.5, 0.6) is 0 Å². The SMILES string of the molecule is CCCOCCC(=O)Nc1ccc(C#N)cc1F. The van der Waals surface area contributed by atoms with E-state index in [-0.39, 0.29) is 23.6 Å². The number of nitrogens with one attached hydrogen (secondary N) is 1. The third-order valence-corrected chi connectivity index (χ3v) is 2.19. The van der Waals surface area contributed by atoms with Crippen LogP contribution in [0, 0.1) is 17.1 Å². The molecule has 0 spiro atoms. The zero-order chi connectivity index (χ0) is 13.4. The Morgan fingerprint density at radius 1 is 1.50 bits per heavy atom. The van der Waals surface area contributed by atoms with Gasteiger partial charge in [-0.25, -0.2) is 4.39 Å². The molecule has 0 atom stereocenters. The first-order chi connectivity index (χ1) is 8.67. The molecule has 0 heterocycles. The van der Waals surface area contributed by atoms with E-state index < -0.39 is 5.82 Å². The van der Waals surface area contributed by atoms with Crippen LogP contribution in [-0.4, -0.2) is 19.1 Å². The summed E-state index contributed by atoms with van der Waals surface area (Å²) in [7, 11) is 0. The van der Waals surface area contributed by atoms with E-state index in [4.69, 9.17) is 10.00 Å². The fraction of sp³-hybridized carbons (Fsp3) is 0.385. The molecule has 0 saturated carbocycles. The monoisotopic (exact) mass is 250 g/mol. The molecule has 0 unspecified atom stereocenters. The fourth-order valence-electron chi connectivity index (χ4n) is 1.31. The van der Waals surface area contributed by atoms with Crippen molar-refractivity contribution in [3.8, 4) is 6.07 Å². The van der Waals surface area contributed by atoms with Crippen LogP contribution in [-0.2, 0) is 9.53 Å². The van der Waals surface area contributed by atoms with E-state index in [2.05, 4.69) is 5.32 Å². The Morgan fingerprint density at radius 3 is 2.89 bits per heavy atom. The third-order valence-electron chi connectivity index (χ3n) is 2.19. The standard InChI is InChI=1S/C13H15FN2O2/c1-2-6-18-7-5-13(17)16-12-4-3-10(9-15)8-11(12)14/h3-4,8H,2,5-7H2,1H3,(H,16,17). The minimum atomic E-state index is -0.614. The number of benzene rings is 1. The van der Waals surface area contributed by atoms with Crippen LogP contribution in [0.15, 0.2) is 18.2 Å². The quantitative estimate of drug-likeness (QED) is 0.789. The topological polar surface area (TPSA) is 62.1 Å². The number of nitriles is 1. The van der Waals surface area contributed by atoms with Crippen molar-refractivity contribution in [2.75, 3.05) is 18.5 Å². The van der Waals surface area contributed by atoms with Gasteiger partial charge in [0.1, 0.15) is 5.82 Å². The lowest BCUT2D eigenvalue weighted by molar-refractivity contribution is -0.117. The Bertz CT molecular complexity index is 455. The van der Waals surface area contributed by atoms with E-state index in [1.165, 1.54) is 12.1 Å². The normalized spacial score (nSPS) is 9.83. The third kappa shape index (κ3) is 4.52. The van der Waals surface area contributed by atoms with E-state index in [0.717, 1.165) is 12.5 Å². The highest BCUT2D eigenvalue weighted by Crippen LogP contribution is 2.15. The summed E-state index contributed by atoms with van der Waals surface area (Å²) < 4.78 is 18.6. The van der Waals surface area contributed by atoms with E-state index in [1.54, 1.807) is 0 Å². The number of halogens is 1. The first-order valence-electron chi connectivity index (χ1n) is 5.74. The Hall–Kier alpha value is -1.93. The minimum absolute atomic E-state index is 0.0782. The number of carbonyl (C=O) groups excluding carboxylic acids is 1. The van der Waals surface area contributed by atoms with Crippen molar-refractivity contribution >= 4 is 11.6 Å². The molecule has 5 heteroatoms. The van der Waals surface area contributed by atoms with Gasteiger partial charge in [0.05, 0.1) is 30.3 Å². The van der Waals surface area contributed by atoms with Crippen molar-refractivity contribution in [1.82, 2.24) is 0 Å². The second-order valence-electron chi connectivity index (χ2n) is 3.72. The van der Waals surface area contributed by atoms with Crippen molar-refractivity contribution in [1.29, 1.82) is 5.26 Å². The summed E-state index contributed by atoms with van der Waals surface area (Å²) in [5, 5.41) is 11.0. The molecule has 0 fully saturated rings. The van der Waals surface area contributed by atoms with Gasteiger partial charge >= 0.3 is 0 Å². The van der Waals surface area contributed by atoms with E-state index >= 15 is 0 Å². The van der Waals surface area contributed by atoms with Gasteiger partial charge in [-0.3, -0.25) is 4.79 Å². The first-order valence-corrected chi connectivity index (χ1v) is 5.74. The second-order valence-corrected chi connectivity index (χ2v) is 3.72. The predicted molar refractivity (Wildman–Crippen MR) is 65.5 cm³/mol. The summed E-state index contributed by atoms with van der Waals surface area (Å²) in [6, 6.07) is 5.73. The number of amides is 1. The van der Waals surface area contributed by atoms with Crippen LogP contribution in [0.3, 0.4) is 0 Å². The van der Waals surface area contributed by atoms with Gasteiger partial charge in [0.2, 0.25) is 5.91 Å². The average molecular weight is 250 g/mol. The van der Waals surface area contributed by atoms with Gasteiger partial charge in [0.25, 0.3) is 0 Å². The highest BCUT2D eigenvalue weighted by atomic mass is 19.1. The Balaban J connectivity index is 2.47. The zero-order valence-electron chi connectivity index (χ0n) is 10.2. The number of rotatable bonds is 6. The Kier molecular flexibility index (Phi) is 5.81. The van der Waals surface area contributed by atoms with Gasteiger partial charge in [-0.2, -0.15) is 5.26 Å². The lowest BCUT2D eigenvalue weighted by Crippen LogP contribution is -2.15. The molecule has 0 aliphatic rings. The molecule has 1 amide bonds. The Labute approximate surface area is 105 Å². The number of ether oxygens (including phenoxy) is 1. The molecule has 0 radical (unpaired) electrons. The molecule has 0 aliphatic carbocycles. The molecule has 1 aromatic carbocycles. The first kappa shape index (κ1) is 14.1. The summed E-state index contributed by atoms with van der Waals surface area (Å²) in [5.74, 6) is -0.924. The van der Waals surface area contributed by atoms with Crippen LogP contribution in [0.4, 0.5) is 10.1 Å². The van der Waals surface area contributed by atoms with Gasteiger partial charge in [-0.15, -0.1) is 0 Å². The molecule has 0 aromatic heterocycles. The zero-order valence-corrected chi connectivity index (χ0v) is 10.2. The molecule has 96 valence electrons. The van der Waals surface area contributed by atoms with Crippen LogP contribution >= 0.6 is 0 Å². The van der Waals surface area contributed by atoms with Crippen molar-refractivity contribution in [3.63, 3.8) is 0 Å². The van der Waals surface area contributed by atoms with Gasteiger partial charge in [-0.05, 0) is 24.6 Å². The highest BCUT2D eigenvalue weighted by Gasteiger charge is 2.07. The summed E-state index contributed by atoms with van der Waals surface area (Å²) in [5.41, 5.74) is 0.297. The minimum Gasteiger partial charge on any atom is -0.381 e. The average Bonchev–Trinajstić information content (AvgIpc) is 2.37. The predicted octanol–water partition coefficient (Wildman–Crippen LogP) is 2.45. The lowest BCUT2D eigenvalue weighted by atomic mass is 10.2. The van der Waals surface area contributed by atoms with Gasteiger partial charge in [0.15, 0.2) is 0 Å². The second kappa shape index (κ2) is 7.41. The molecule has 0 saturated heterocycles. The molecule has 4 nitrogen and oxygen atoms in total. The van der Waals surface area contributed by atoms with Crippen molar-refractivity contribution in [3.05, 3.63) is 29.6 Å². The summed E-state index contributed by atoms with van der Waals surface area (Å²) in [6.07, 6.45) is 1.07. The summed E-state index contributed by atoms with van der Waals surface area (Å²) in [6.45, 7) is 2.91. The van der Waals surface area contributed by atoms with Gasteiger partial charge in [-0.1, -0.05) is 6.92 Å². The molecular weight excluding hydrogens is 235 g/mol. The van der Waals surface area contributed by atoms with Crippen LogP contribution in [0.25, 0.3) is 0 Å². The van der Waals surface area contributed by atoms with Crippen molar-refractivity contribution in [2.45, 2.75) is 19.8 Å². The van der Waals surface area contributed by atoms with Gasteiger partial charge < -0.3 is 10.1 Å². The molecule has 0 bridgehead atoms. The highest BCUT2D eigenvalue weighted by molar-refractivity contribution is 5.90. The smallest absolute Gasteiger partial charge is 0.226 e. The lowest BCUT2D eigenvalue weighted by Gasteiger charge is -2.06. The largest absolute Gasteiger partial charge is 0.381 e. The summed E-state index contributed by atoms with van der Waals surface area (Å²) in [4.78, 5) is 11.5. The maximum atomic E-state index is 13.4. The summed E-state index contributed by atoms with van der Waals surface area (Å²) >= 11 is 0. The maximum Gasteiger partial charge on any atom is 0.226 e. The molecule has 1 aromatic rings. The molecule has 1 rings (SSSR count). The fourth-order valence-corrected chi connectivity index (χ4v) is 1.31. The number of anilines is 1. The number of hydrogen-bond donors (Lipinski definition) is 1. The molecule has 18 heavy (non-hydrogen) atoms. The van der Waals surface area contributed by atoms with Gasteiger partial charge in [0, 0.05) is 6.61 Å². The van der Waals surface area contributed by atoms with Crippen molar-refractivity contribution in [2.24, 2.45) is 0 Å². The number of hydrogen-bond acceptors (Lipinski definition) is 3. The maximum absolute atomic E-state index is 13.4. The Morgan fingerprint density at radius 2 is 2.28 bits per heavy atom. The molecule has 1 N–H and O–H groups in total. The van der Waals surface area contributed by atoms with Crippen LogP contribution in [0.2, 0.25) is 0 Å². The molecule has 0 aliphatic heterocycles. The molecular formula is C13H15FN2O2. The van der Waals surface area contributed by atoms with E-state index in [1.807, 2.05) is 13.0 Å². The number of carbonyl (C=O) groups is 1. The van der Waals surface area contributed by atoms with Crippen molar-refractivity contribution < 1.29 is 13.9 Å².